The van der Waals surface area contributed by atoms with Gasteiger partial charge in [-0.3, -0.25) is 10.6 Å². The standard InChI is InChI=1S/C25H35N3O4/c1-17-20(28(8)16-18-12-10-9-11-13-18)15-14-19(26-22(29)31-24(2,3)4)21(17)27-23(30)32-25(5,6)7/h9-15H,16H2,1-8H3,(H,26,29)(H,27,30). The Hall–Kier alpha value is -3.22. The molecule has 2 aromatic carbocycles. The van der Waals surface area contributed by atoms with E-state index < -0.39 is 23.4 Å². The molecule has 2 amide bonds. The Balaban J connectivity index is 2.37. The third-order valence-electron chi connectivity index (χ3n) is 4.37. The molecule has 0 unspecified atom stereocenters. The van der Waals surface area contributed by atoms with Gasteiger partial charge in [-0.15, -0.1) is 0 Å². The molecule has 0 radical (unpaired) electrons. The molecule has 0 aliphatic carbocycles. The van der Waals surface area contributed by atoms with Gasteiger partial charge < -0.3 is 14.4 Å². The van der Waals surface area contributed by atoms with E-state index in [0.717, 1.165) is 16.8 Å². The molecule has 2 aromatic rings. The third-order valence-corrected chi connectivity index (χ3v) is 4.37. The van der Waals surface area contributed by atoms with E-state index in [2.05, 4.69) is 27.7 Å². The number of benzene rings is 2. The summed E-state index contributed by atoms with van der Waals surface area (Å²) in [7, 11) is 1.98. The van der Waals surface area contributed by atoms with E-state index in [-0.39, 0.29) is 0 Å². The van der Waals surface area contributed by atoms with Crippen molar-refractivity contribution in [2.45, 2.75) is 66.2 Å². The molecule has 0 spiro atoms. The second kappa shape index (κ2) is 9.94. The van der Waals surface area contributed by atoms with Crippen LogP contribution in [0.25, 0.3) is 0 Å². The van der Waals surface area contributed by atoms with E-state index in [4.69, 9.17) is 9.47 Å². The van der Waals surface area contributed by atoms with Crippen molar-refractivity contribution in [1.82, 2.24) is 0 Å². The van der Waals surface area contributed by atoms with E-state index in [1.165, 1.54) is 0 Å². The van der Waals surface area contributed by atoms with Crippen molar-refractivity contribution in [3.8, 4) is 0 Å². The highest BCUT2D eigenvalue weighted by Gasteiger charge is 2.22. The summed E-state index contributed by atoms with van der Waals surface area (Å²) in [4.78, 5) is 27.0. The lowest BCUT2D eigenvalue weighted by molar-refractivity contribution is 0.0620. The highest BCUT2D eigenvalue weighted by Crippen LogP contribution is 2.34. The fourth-order valence-electron chi connectivity index (χ4n) is 3.14. The van der Waals surface area contributed by atoms with Crippen LogP contribution in [0.1, 0.15) is 52.7 Å². The number of carbonyl (C=O) groups excluding carboxylic acids is 2. The molecule has 0 fully saturated rings. The summed E-state index contributed by atoms with van der Waals surface area (Å²) >= 11 is 0. The molecule has 0 aliphatic rings. The molecule has 0 aliphatic heterocycles. The minimum absolute atomic E-state index is 0.430. The zero-order chi connectivity index (χ0) is 24.1. The molecule has 7 heteroatoms. The van der Waals surface area contributed by atoms with Gasteiger partial charge in [0.15, 0.2) is 0 Å². The molecule has 0 aromatic heterocycles. The first-order chi connectivity index (χ1) is 14.7. The van der Waals surface area contributed by atoms with Crippen LogP contribution in [0.5, 0.6) is 0 Å². The van der Waals surface area contributed by atoms with Crippen LogP contribution >= 0.6 is 0 Å². The largest absolute Gasteiger partial charge is 0.444 e. The molecule has 2 N–H and O–H groups in total. The van der Waals surface area contributed by atoms with E-state index in [1.807, 2.05) is 38.2 Å². The molecular weight excluding hydrogens is 406 g/mol. The number of nitrogens with one attached hydrogen (secondary N) is 2. The first-order valence-corrected chi connectivity index (χ1v) is 10.6. The molecule has 0 saturated heterocycles. The summed E-state index contributed by atoms with van der Waals surface area (Å²) in [5.74, 6) is 0. The second-order valence-corrected chi connectivity index (χ2v) is 9.73. The van der Waals surface area contributed by atoms with Gasteiger partial charge in [0, 0.05) is 19.3 Å². The van der Waals surface area contributed by atoms with Gasteiger partial charge in [0.25, 0.3) is 0 Å². The smallest absolute Gasteiger partial charge is 0.412 e. The normalized spacial score (nSPS) is 11.5. The summed E-state index contributed by atoms with van der Waals surface area (Å²) < 4.78 is 10.8. The number of hydrogen-bond acceptors (Lipinski definition) is 5. The molecule has 32 heavy (non-hydrogen) atoms. The zero-order valence-electron chi connectivity index (χ0n) is 20.3. The van der Waals surface area contributed by atoms with Gasteiger partial charge in [-0.2, -0.15) is 0 Å². The molecule has 0 atom stereocenters. The topological polar surface area (TPSA) is 79.9 Å². The summed E-state index contributed by atoms with van der Waals surface area (Å²) in [6.45, 7) is 13.3. The molecule has 0 saturated carbocycles. The van der Waals surface area contributed by atoms with Crippen LogP contribution in [0.3, 0.4) is 0 Å². The Morgan fingerprint density at radius 2 is 1.38 bits per heavy atom. The van der Waals surface area contributed by atoms with Gasteiger partial charge >= 0.3 is 12.2 Å². The van der Waals surface area contributed by atoms with Gasteiger partial charge in [0.2, 0.25) is 0 Å². The van der Waals surface area contributed by atoms with E-state index in [9.17, 15) is 9.59 Å². The van der Waals surface area contributed by atoms with Crippen LogP contribution < -0.4 is 15.5 Å². The van der Waals surface area contributed by atoms with Gasteiger partial charge in [-0.05, 0) is 71.7 Å². The zero-order valence-corrected chi connectivity index (χ0v) is 20.3. The number of nitrogens with zero attached hydrogens (tertiary/aromatic N) is 1. The lowest BCUT2D eigenvalue weighted by Gasteiger charge is -2.26. The Labute approximate surface area is 191 Å². The Kier molecular flexibility index (Phi) is 7.78. The summed E-state index contributed by atoms with van der Waals surface area (Å²) in [6.07, 6.45) is -1.20. The Bertz CT molecular complexity index is 944. The summed E-state index contributed by atoms with van der Waals surface area (Å²) in [6, 6.07) is 13.8. The molecule has 174 valence electrons. The van der Waals surface area contributed by atoms with E-state index in [1.54, 1.807) is 47.6 Å². The quantitative estimate of drug-likeness (QED) is 0.567. The first kappa shape index (κ1) is 25.0. The van der Waals surface area contributed by atoms with Crippen LogP contribution in [0.2, 0.25) is 0 Å². The van der Waals surface area contributed by atoms with Gasteiger partial charge in [0.05, 0.1) is 11.4 Å². The second-order valence-electron chi connectivity index (χ2n) is 9.73. The SMILES string of the molecule is Cc1c(N(C)Cc2ccccc2)ccc(NC(=O)OC(C)(C)C)c1NC(=O)OC(C)(C)C. The predicted molar refractivity (Wildman–Crippen MR) is 129 cm³/mol. The number of anilines is 3. The van der Waals surface area contributed by atoms with Gasteiger partial charge in [-0.1, -0.05) is 30.3 Å². The fraction of sp³-hybridized carbons (Fsp3) is 0.440. The lowest BCUT2D eigenvalue weighted by Crippen LogP contribution is -2.29. The maximum absolute atomic E-state index is 12.5. The van der Waals surface area contributed by atoms with E-state index >= 15 is 0 Å². The minimum atomic E-state index is -0.654. The Morgan fingerprint density at radius 3 is 1.91 bits per heavy atom. The average molecular weight is 442 g/mol. The number of hydrogen-bond donors (Lipinski definition) is 2. The molecular formula is C25H35N3O4. The number of carbonyl (C=O) groups is 2. The number of ether oxygens (including phenoxy) is 2. The van der Waals surface area contributed by atoms with Gasteiger partial charge in [0.1, 0.15) is 11.2 Å². The highest BCUT2D eigenvalue weighted by molar-refractivity contribution is 5.98. The van der Waals surface area contributed by atoms with Crippen molar-refractivity contribution in [1.29, 1.82) is 0 Å². The lowest BCUT2D eigenvalue weighted by atomic mass is 10.1. The van der Waals surface area contributed by atoms with Gasteiger partial charge in [-0.25, -0.2) is 9.59 Å². The van der Waals surface area contributed by atoms with Crippen LogP contribution in [0, 0.1) is 6.92 Å². The van der Waals surface area contributed by atoms with Crippen molar-refractivity contribution >= 4 is 29.2 Å². The predicted octanol–water partition coefficient (Wildman–Crippen LogP) is 6.33. The Morgan fingerprint density at radius 1 is 0.844 bits per heavy atom. The minimum Gasteiger partial charge on any atom is -0.444 e. The van der Waals surface area contributed by atoms with Crippen molar-refractivity contribution in [2.75, 3.05) is 22.6 Å². The van der Waals surface area contributed by atoms with Crippen LogP contribution in [0.4, 0.5) is 26.7 Å². The van der Waals surface area contributed by atoms with E-state index in [0.29, 0.717) is 17.9 Å². The van der Waals surface area contributed by atoms with Crippen LogP contribution in [-0.4, -0.2) is 30.4 Å². The summed E-state index contributed by atoms with van der Waals surface area (Å²) in [5, 5.41) is 5.55. The van der Waals surface area contributed by atoms with Crippen molar-refractivity contribution < 1.29 is 19.1 Å². The molecule has 0 heterocycles. The monoisotopic (exact) mass is 441 g/mol. The van der Waals surface area contributed by atoms with Crippen LogP contribution in [-0.2, 0) is 16.0 Å². The van der Waals surface area contributed by atoms with Crippen molar-refractivity contribution in [2.24, 2.45) is 0 Å². The maximum atomic E-state index is 12.5. The molecule has 0 bridgehead atoms. The average Bonchev–Trinajstić information content (AvgIpc) is 2.62. The van der Waals surface area contributed by atoms with Crippen molar-refractivity contribution in [3.63, 3.8) is 0 Å². The summed E-state index contributed by atoms with van der Waals surface area (Å²) in [5.41, 5.74) is 2.46. The third kappa shape index (κ3) is 7.80. The molecule has 7 nitrogen and oxygen atoms in total. The molecule has 2 rings (SSSR count). The maximum Gasteiger partial charge on any atom is 0.412 e. The highest BCUT2D eigenvalue weighted by atomic mass is 16.6. The van der Waals surface area contributed by atoms with Crippen molar-refractivity contribution in [3.05, 3.63) is 53.6 Å². The fourth-order valence-corrected chi connectivity index (χ4v) is 3.14. The first-order valence-electron chi connectivity index (χ1n) is 10.6. The number of rotatable bonds is 5. The van der Waals surface area contributed by atoms with Crippen LogP contribution in [0.15, 0.2) is 42.5 Å². The number of amides is 2.